The van der Waals surface area contributed by atoms with E-state index in [1.165, 1.54) is 25.7 Å². The van der Waals surface area contributed by atoms with E-state index < -0.39 is 0 Å². The molecule has 0 saturated heterocycles. The molecule has 0 radical (unpaired) electrons. The Labute approximate surface area is 151 Å². The van der Waals surface area contributed by atoms with Crippen molar-refractivity contribution in [2.24, 2.45) is 0 Å². The molecular formula is C20H30ClNO2. The molecule has 0 atom stereocenters. The Kier molecular flexibility index (Phi) is 7.93. The lowest BCUT2D eigenvalue weighted by Crippen LogP contribution is -2.16. The maximum Gasteiger partial charge on any atom is 0.163 e. The summed E-state index contributed by atoms with van der Waals surface area (Å²) in [4.78, 5) is 0. The summed E-state index contributed by atoms with van der Waals surface area (Å²) in [5, 5.41) is 4.22. The van der Waals surface area contributed by atoms with Crippen LogP contribution in [0.15, 0.2) is 23.8 Å². The Balaban J connectivity index is 1.93. The average molecular weight is 352 g/mol. The number of halogens is 1. The first-order valence-corrected chi connectivity index (χ1v) is 9.48. The van der Waals surface area contributed by atoms with Crippen LogP contribution in [0.1, 0.15) is 58.4 Å². The minimum atomic E-state index is 0.0908. The highest BCUT2D eigenvalue weighted by molar-refractivity contribution is 6.31. The predicted molar refractivity (Wildman–Crippen MR) is 101 cm³/mol. The molecule has 4 heteroatoms. The number of ether oxygens (including phenoxy) is 2. The van der Waals surface area contributed by atoms with Crippen LogP contribution in [0.25, 0.3) is 0 Å². The quantitative estimate of drug-likeness (QED) is 0.470. The minimum Gasteiger partial charge on any atom is -0.490 e. The molecule has 1 aromatic carbocycles. The number of hydrogen-bond acceptors (Lipinski definition) is 3. The summed E-state index contributed by atoms with van der Waals surface area (Å²) in [6.45, 7) is 8.31. The maximum absolute atomic E-state index is 6.43. The van der Waals surface area contributed by atoms with Gasteiger partial charge in [-0.25, -0.2) is 0 Å². The third kappa shape index (κ3) is 6.03. The highest BCUT2D eigenvalue weighted by Gasteiger charge is 2.12. The van der Waals surface area contributed by atoms with Gasteiger partial charge in [-0.2, -0.15) is 0 Å². The Bertz CT molecular complexity index is 555. The molecule has 134 valence electrons. The van der Waals surface area contributed by atoms with Gasteiger partial charge in [0.15, 0.2) is 11.5 Å². The highest BCUT2D eigenvalue weighted by Crippen LogP contribution is 2.34. The van der Waals surface area contributed by atoms with Gasteiger partial charge in [0.05, 0.1) is 12.7 Å². The minimum absolute atomic E-state index is 0.0908. The first-order chi connectivity index (χ1) is 11.6. The van der Waals surface area contributed by atoms with Gasteiger partial charge in [0, 0.05) is 17.6 Å². The number of benzene rings is 1. The normalized spacial score (nSPS) is 14.6. The van der Waals surface area contributed by atoms with Gasteiger partial charge in [0.1, 0.15) is 0 Å². The fourth-order valence-corrected chi connectivity index (χ4v) is 3.15. The molecule has 0 fully saturated rings. The molecule has 1 aliphatic rings. The van der Waals surface area contributed by atoms with Gasteiger partial charge < -0.3 is 14.8 Å². The van der Waals surface area contributed by atoms with Crippen molar-refractivity contribution in [2.75, 3.05) is 13.2 Å². The first kappa shape index (κ1) is 19.1. The highest BCUT2D eigenvalue weighted by atomic mass is 35.5. The molecule has 0 amide bonds. The number of allylic oxidation sites excluding steroid dienone is 1. The van der Waals surface area contributed by atoms with Crippen LogP contribution in [0.2, 0.25) is 5.02 Å². The molecule has 0 bridgehead atoms. The molecule has 0 aliphatic heterocycles. The zero-order valence-electron chi connectivity index (χ0n) is 15.2. The number of nitrogens with one attached hydrogen (secondary N) is 1. The molecule has 1 aliphatic carbocycles. The lowest BCUT2D eigenvalue weighted by molar-refractivity contribution is 0.223. The van der Waals surface area contributed by atoms with Crippen molar-refractivity contribution in [1.29, 1.82) is 0 Å². The van der Waals surface area contributed by atoms with E-state index in [1.807, 2.05) is 32.9 Å². The number of rotatable bonds is 9. The van der Waals surface area contributed by atoms with Gasteiger partial charge in [-0.3, -0.25) is 0 Å². The summed E-state index contributed by atoms with van der Waals surface area (Å²) < 4.78 is 11.5. The Morgan fingerprint density at radius 2 is 2.04 bits per heavy atom. The van der Waals surface area contributed by atoms with Crippen molar-refractivity contribution in [3.63, 3.8) is 0 Å². The zero-order valence-corrected chi connectivity index (χ0v) is 15.9. The van der Waals surface area contributed by atoms with E-state index in [1.54, 1.807) is 5.57 Å². The van der Waals surface area contributed by atoms with Crippen LogP contribution in [0.3, 0.4) is 0 Å². The van der Waals surface area contributed by atoms with Gasteiger partial charge in [-0.15, -0.1) is 0 Å². The fraction of sp³-hybridized carbons (Fsp3) is 0.600. The summed E-state index contributed by atoms with van der Waals surface area (Å²) in [5.41, 5.74) is 2.64. The molecule has 3 nitrogen and oxygen atoms in total. The zero-order chi connectivity index (χ0) is 17.4. The summed E-state index contributed by atoms with van der Waals surface area (Å²) in [6, 6.07) is 3.86. The third-order valence-electron chi connectivity index (χ3n) is 4.10. The molecule has 1 aromatic rings. The lowest BCUT2D eigenvalue weighted by atomic mass is 9.97. The molecule has 0 aromatic heterocycles. The average Bonchev–Trinajstić information content (AvgIpc) is 2.55. The first-order valence-electron chi connectivity index (χ1n) is 9.10. The van der Waals surface area contributed by atoms with Crippen molar-refractivity contribution in [3.8, 4) is 11.5 Å². The van der Waals surface area contributed by atoms with Crippen LogP contribution in [0.4, 0.5) is 0 Å². The van der Waals surface area contributed by atoms with E-state index >= 15 is 0 Å². The van der Waals surface area contributed by atoms with Gasteiger partial charge in [0.25, 0.3) is 0 Å². The lowest BCUT2D eigenvalue weighted by Gasteiger charge is -2.17. The summed E-state index contributed by atoms with van der Waals surface area (Å²) >= 11 is 6.43. The second kappa shape index (κ2) is 9.95. The molecule has 0 unspecified atom stereocenters. The van der Waals surface area contributed by atoms with Crippen LogP contribution in [-0.4, -0.2) is 19.3 Å². The van der Waals surface area contributed by atoms with Crippen LogP contribution >= 0.6 is 11.6 Å². The fourth-order valence-electron chi connectivity index (χ4n) is 2.93. The van der Waals surface area contributed by atoms with Crippen LogP contribution in [0, 0.1) is 0 Å². The monoisotopic (exact) mass is 351 g/mol. The molecule has 0 heterocycles. The predicted octanol–water partition coefficient (Wildman–Crippen LogP) is 5.51. The van der Waals surface area contributed by atoms with Crippen molar-refractivity contribution >= 4 is 11.6 Å². The van der Waals surface area contributed by atoms with Crippen molar-refractivity contribution in [1.82, 2.24) is 5.32 Å². The van der Waals surface area contributed by atoms with E-state index in [9.17, 15) is 0 Å². The van der Waals surface area contributed by atoms with E-state index in [2.05, 4.69) is 11.4 Å². The topological polar surface area (TPSA) is 30.5 Å². The second-order valence-corrected chi connectivity index (χ2v) is 6.93. The summed E-state index contributed by atoms with van der Waals surface area (Å²) in [6.07, 6.45) is 8.82. The SMILES string of the molecule is CCOc1cc(CNCCC2=CCCCC2)c(Cl)cc1OC(C)C. The van der Waals surface area contributed by atoms with Crippen LogP contribution < -0.4 is 14.8 Å². The molecule has 24 heavy (non-hydrogen) atoms. The third-order valence-corrected chi connectivity index (χ3v) is 4.45. The smallest absolute Gasteiger partial charge is 0.163 e. The standard InChI is InChI=1S/C20H30ClNO2/c1-4-23-19-12-17(18(21)13-20(19)24-15(2)3)14-22-11-10-16-8-6-5-7-9-16/h8,12-13,15,22H,4-7,9-11,14H2,1-3H3. The second-order valence-electron chi connectivity index (χ2n) is 6.52. The van der Waals surface area contributed by atoms with Crippen molar-refractivity contribution < 1.29 is 9.47 Å². The van der Waals surface area contributed by atoms with Gasteiger partial charge in [-0.1, -0.05) is 23.3 Å². The van der Waals surface area contributed by atoms with Crippen LogP contribution in [-0.2, 0) is 6.54 Å². The van der Waals surface area contributed by atoms with Crippen molar-refractivity contribution in [2.45, 2.75) is 65.5 Å². The molecule has 2 rings (SSSR count). The number of hydrogen-bond donors (Lipinski definition) is 1. The van der Waals surface area contributed by atoms with Crippen molar-refractivity contribution in [3.05, 3.63) is 34.4 Å². The Hall–Kier alpha value is -1.19. The molecule has 1 N–H and O–H groups in total. The summed E-state index contributed by atoms with van der Waals surface area (Å²) in [5.74, 6) is 1.48. The Morgan fingerprint density at radius 3 is 2.71 bits per heavy atom. The van der Waals surface area contributed by atoms with E-state index in [-0.39, 0.29) is 6.10 Å². The van der Waals surface area contributed by atoms with Crippen LogP contribution in [0.5, 0.6) is 11.5 Å². The van der Waals surface area contributed by atoms with E-state index in [0.29, 0.717) is 12.4 Å². The van der Waals surface area contributed by atoms with Gasteiger partial charge in [0.2, 0.25) is 0 Å². The molecular weight excluding hydrogens is 322 g/mol. The van der Waals surface area contributed by atoms with E-state index in [4.69, 9.17) is 21.1 Å². The van der Waals surface area contributed by atoms with Gasteiger partial charge in [-0.05, 0) is 71.0 Å². The van der Waals surface area contributed by atoms with Gasteiger partial charge >= 0.3 is 0 Å². The summed E-state index contributed by atoms with van der Waals surface area (Å²) in [7, 11) is 0. The van der Waals surface area contributed by atoms with E-state index in [0.717, 1.165) is 35.8 Å². The Morgan fingerprint density at radius 1 is 1.21 bits per heavy atom. The molecule has 0 spiro atoms. The largest absolute Gasteiger partial charge is 0.490 e. The maximum atomic E-state index is 6.43. The molecule has 0 saturated carbocycles.